The highest BCUT2D eigenvalue weighted by Crippen LogP contribution is 2.48. The third-order valence-electron chi connectivity index (χ3n) is 5.64. The molecule has 0 amide bonds. The predicted molar refractivity (Wildman–Crippen MR) is 112 cm³/mol. The van der Waals surface area contributed by atoms with E-state index >= 15 is 0 Å². The van der Waals surface area contributed by atoms with E-state index in [1.54, 1.807) is 6.07 Å². The molecule has 0 bridgehead atoms. The molecule has 2 aromatic carbocycles. The number of halogens is 1. The van der Waals surface area contributed by atoms with Crippen LogP contribution in [0.5, 0.6) is 0 Å². The lowest BCUT2D eigenvalue weighted by Crippen LogP contribution is -2.42. The van der Waals surface area contributed by atoms with Crippen LogP contribution in [0.2, 0.25) is 0 Å². The van der Waals surface area contributed by atoms with Crippen LogP contribution < -0.4 is 9.80 Å². The van der Waals surface area contributed by atoms with Gasteiger partial charge in [0.05, 0.1) is 17.1 Å². The number of anilines is 3. The Balaban J connectivity index is 1.82. The summed E-state index contributed by atoms with van der Waals surface area (Å²) in [6.07, 6.45) is 0.125. The number of hydrogen-bond acceptors (Lipinski definition) is 4. The summed E-state index contributed by atoms with van der Waals surface area (Å²) in [6.45, 7) is 8.71. The fourth-order valence-electron chi connectivity index (χ4n) is 4.51. The van der Waals surface area contributed by atoms with Crippen molar-refractivity contribution in [2.24, 2.45) is 0 Å². The fourth-order valence-corrected chi connectivity index (χ4v) is 4.51. The van der Waals surface area contributed by atoms with E-state index in [1.165, 1.54) is 11.8 Å². The van der Waals surface area contributed by atoms with Crippen LogP contribution in [-0.2, 0) is 0 Å². The number of fused-ring (bicyclic) bond motifs is 4. The van der Waals surface area contributed by atoms with Crippen LogP contribution in [0.4, 0.5) is 21.5 Å². The molecule has 0 fully saturated rings. The van der Waals surface area contributed by atoms with Crippen molar-refractivity contribution in [1.29, 1.82) is 0 Å². The lowest BCUT2D eigenvalue weighted by Gasteiger charge is -2.33. The van der Waals surface area contributed by atoms with Gasteiger partial charge in [-0.15, -0.1) is 0 Å². The van der Waals surface area contributed by atoms with Gasteiger partial charge in [-0.25, -0.2) is 0 Å². The first kappa shape index (κ1) is 17.0. The number of aryl methyl sites for hydroxylation is 1. The van der Waals surface area contributed by atoms with Gasteiger partial charge < -0.3 is 14.2 Å². The predicted octanol–water partition coefficient (Wildman–Crippen LogP) is 6.14. The minimum atomic E-state index is -0.532. The average molecular weight is 375 g/mol. The Kier molecular flexibility index (Phi) is 3.63. The minimum Gasteiger partial charge on any atom is -0.435 e. The highest BCUT2D eigenvalue weighted by molar-refractivity contribution is 6.10. The van der Waals surface area contributed by atoms with Crippen molar-refractivity contribution < 1.29 is 8.81 Å². The fraction of sp³-hybridized carbons (Fsp3) is 0.261. The molecule has 5 heteroatoms. The van der Waals surface area contributed by atoms with Crippen molar-refractivity contribution in [3.63, 3.8) is 0 Å². The molecule has 4 aromatic rings. The van der Waals surface area contributed by atoms with E-state index < -0.39 is 5.95 Å². The van der Waals surface area contributed by atoms with Crippen molar-refractivity contribution in [2.75, 3.05) is 9.80 Å². The summed E-state index contributed by atoms with van der Waals surface area (Å²) in [7, 11) is 0. The molecule has 3 heterocycles. The highest BCUT2D eigenvalue weighted by atomic mass is 19.1. The van der Waals surface area contributed by atoms with Gasteiger partial charge in [-0.05, 0) is 57.5 Å². The summed E-state index contributed by atoms with van der Waals surface area (Å²) in [5.74, 6) is -0.532. The highest BCUT2D eigenvalue weighted by Gasteiger charge is 2.37. The molecular formula is C23H22FN3O. The summed E-state index contributed by atoms with van der Waals surface area (Å²) in [4.78, 5) is 8.69. The van der Waals surface area contributed by atoms with Crippen LogP contribution in [0.3, 0.4) is 0 Å². The smallest absolute Gasteiger partial charge is 0.230 e. The minimum absolute atomic E-state index is 0.125. The lowest BCUT2D eigenvalue weighted by atomic mass is 10.1. The zero-order valence-electron chi connectivity index (χ0n) is 16.4. The molecule has 0 spiro atoms. The first-order chi connectivity index (χ1) is 13.5. The van der Waals surface area contributed by atoms with Gasteiger partial charge in [-0.2, -0.15) is 9.37 Å². The van der Waals surface area contributed by atoms with E-state index in [0.29, 0.717) is 11.8 Å². The van der Waals surface area contributed by atoms with Crippen LogP contribution in [0.15, 0.2) is 52.9 Å². The molecule has 0 saturated heterocycles. The van der Waals surface area contributed by atoms with E-state index in [0.717, 1.165) is 33.3 Å². The molecule has 1 aliphatic heterocycles. The summed E-state index contributed by atoms with van der Waals surface area (Å²) >= 11 is 0. The molecule has 0 aliphatic carbocycles. The van der Waals surface area contributed by atoms with Gasteiger partial charge in [0.2, 0.25) is 11.7 Å². The number of para-hydroxylation sites is 2. The van der Waals surface area contributed by atoms with E-state index in [1.807, 2.05) is 6.07 Å². The number of nitrogens with zero attached hydrogens (tertiary/aromatic N) is 3. The SMILES string of the molecule is Cc1ccc2c(oc3nc(F)ccc32)c1N1c2ccccc2N(C(C)C)[C@@H]1C. The Labute approximate surface area is 163 Å². The van der Waals surface area contributed by atoms with Crippen molar-refractivity contribution >= 4 is 39.1 Å². The zero-order valence-corrected chi connectivity index (χ0v) is 16.4. The first-order valence-corrected chi connectivity index (χ1v) is 9.62. The average Bonchev–Trinajstić information content (AvgIpc) is 3.16. The molecule has 0 unspecified atom stereocenters. The van der Waals surface area contributed by atoms with Crippen molar-refractivity contribution in [3.8, 4) is 0 Å². The zero-order chi connectivity index (χ0) is 19.6. The van der Waals surface area contributed by atoms with Gasteiger partial charge in [0, 0.05) is 16.8 Å². The number of aromatic nitrogens is 1. The number of pyridine rings is 1. The molecule has 1 aliphatic rings. The van der Waals surface area contributed by atoms with Crippen LogP contribution in [0.1, 0.15) is 26.3 Å². The standard InChI is InChI=1S/C23H22FN3O/c1-13(2)26-15(4)27(19-8-6-5-7-18(19)26)21-14(3)9-10-16-17-11-12-20(24)25-23(17)28-22(16)21/h5-13,15H,1-4H3/t15-/m0/s1. The van der Waals surface area contributed by atoms with Gasteiger partial charge in [0.15, 0.2) is 5.58 Å². The van der Waals surface area contributed by atoms with Crippen LogP contribution in [0, 0.1) is 12.9 Å². The Bertz CT molecular complexity index is 1210. The van der Waals surface area contributed by atoms with Gasteiger partial charge in [-0.3, -0.25) is 0 Å². The first-order valence-electron chi connectivity index (χ1n) is 9.62. The summed E-state index contributed by atoms with van der Waals surface area (Å²) < 4.78 is 19.8. The summed E-state index contributed by atoms with van der Waals surface area (Å²) in [5.41, 5.74) is 5.57. The largest absolute Gasteiger partial charge is 0.435 e. The molecule has 2 aromatic heterocycles. The van der Waals surface area contributed by atoms with Gasteiger partial charge in [0.1, 0.15) is 6.17 Å². The molecule has 4 nitrogen and oxygen atoms in total. The number of hydrogen-bond donors (Lipinski definition) is 0. The Morgan fingerprint density at radius 1 is 1.00 bits per heavy atom. The number of rotatable bonds is 2. The lowest BCUT2D eigenvalue weighted by molar-refractivity contribution is 0.568. The van der Waals surface area contributed by atoms with E-state index in [2.05, 4.69) is 72.8 Å². The Morgan fingerprint density at radius 2 is 1.71 bits per heavy atom. The topological polar surface area (TPSA) is 32.5 Å². The van der Waals surface area contributed by atoms with E-state index in [-0.39, 0.29) is 6.17 Å². The van der Waals surface area contributed by atoms with Crippen LogP contribution >= 0.6 is 0 Å². The van der Waals surface area contributed by atoms with Crippen molar-refractivity contribution in [1.82, 2.24) is 4.98 Å². The molecule has 142 valence electrons. The maximum atomic E-state index is 13.7. The molecule has 0 N–H and O–H groups in total. The molecule has 28 heavy (non-hydrogen) atoms. The van der Waals surface area contributed by atoms with Gasteiger partial charge in [-0.1, -0.05) is 24.3 Å². The Morgan fingerprint density at radius 3 is 2.46 bits per heavy atom. The summed E-state index contributed by atoms with van der Waals surface area (Å²) in [6, 6.07) is 16.1. The third-order valence-corrected chi connectivity index (χ3v) is 5.64. The monoisotopic (exact) mass is 375 g/mol. The molecule has 5 rings (SSSR count). The second-order valence-corrected chi connectivity index (χ2v) is 7.69. The van der Waals surface area contributed by atoms with E-state index in [9.17, 15) is 4.39 Å². The Hall–Kier alpha value is -3.08. The number of furan rings is 1. The molecule has 1 atom stereocenters. The van der Waals surface area contributed by atoms with Crippen molar-refractivity contribution in [2.45, 2.75) is 39.9 Å². The van der Waals surface area contributed by atoms with E-state index in [4.69, 9.17) is 4.42 Å². The number of benzene rings is 2. The van der Waals surface area contributed by atoms with Gasteiger partial charge >= 0.3 is 0 Å². The molecule has 0 radical (unpaired) electrons. The molecular weight excluding hydrogens is 353 g/mol. The molecule has 0 saturated carbocycles. The second-order valence-electron chi connectivity index (χ2n) is 7.69. The van der Waals surface area contributed by atoms with Gasteiger partial charge in [0.25, 0.3) is 0 Å². The quantitative estimate of drug-likeness (QED) is 0.394. The summed E-state index contributed by atoms with van der Waals surface area (Å²) in [5, 5.41) is 1.79. The third kappa shape index (κ3) is 2.25. The maximum Gasteiger partial charge on any atom is 0.230 e. The van der Waals surface area contributed by atoms with Crippen LogP contribution in [0.25, 0.3) is 22.1 Å². The second kappa shape index (κ2) is 5.96. The van der Waals surface area contributed by atoms with Crippen LogP contribution in [-0.4, -0.2) is 17.2 Å². The normalized spacial score (nSPS) is 16.6. The maximum absolute atomic E-state index is 13.7. The van der Waals surface area contributed by atoms with Crippen molar-refractivity contribution in [3.05, 3.63) is 60.0 Å².